The van der Waals surface area contributed by atoms with Crippen LogP contribution < -0.4 is 5.32 Å². The van der Waals surface area contributed by atoms with Crippen molar-refractivity contribution in [2.24, 2.45) is 0 Å². The van der Waals surface area contributed by atoms with Gasteiger partial charge in [-0.05, 0) is 74.5 Å². The van der Waals surface area contributed by atoms with Crippen molar-refractivity contribution in [3.05, 3.63) is 78.4 Å². The summed E-state index contributed by atoms with van der Waals surface area (Å²) in [6, 6.07) is 21.5. The Morgan fingerprint density at radius 3 is 2.23 bits per heavy atom. The average molecular weight is 437 g/mol. The number of nitrogens with zero attached hydrogens (tertiary/aromatic N) is 1. The zero-order chi connectivity index (χ0) is 21.3. The first kappa shape index (κ1) is 20.3. The SMILES string of the molecule is CC(C)S(=O)(=O)c1ccc(C(=O)Nc2ccc(-c3nc4ccccc4s3)cc2)cc1. The van der Waals surface area contributed by atoms with E-state index >= 15 is 0 Å². The molecule has 0 bridgehead atoms. The molecular weight excluding hydrogens is 416 g/mol. The van der Waals surface area contributed by atoms with Gasteiger partial charge in [0, 0.05) is 16.8 Å². The molecule has 0 unspecified atom stereocenters. The summed E-state index contributed by atoms with van der Waals surface area (Å²) < 4.78 is 25.5. The number of hydrogen-bond donors (Lipinski definition) is 1. The van der Waals surface area contributed by atoms with Crippen LogP contribution in [-0.4, -0.2) is 24.6 Å². The van der Waals surface area contributed by atoms with Crippen molar-refractivity contribution in [3.8, 4) is 10.6 Å². The molecular formula is C23H20N2O3S2. The van der Waals surface area contributed by atoms with Gasteiger partial charge in [0.25, 0.3) is 5.91 Å². The lowest BCUT2D eigenvalue weighted by Gasteiger charge is -2.09. The highest BCUT2D eigenvalue weighted by Crippen LogP contribution is 2.30. The Morgan fingerprint density at radius 2 is 1.60 bits per heavy atom. The zero-order valence-corrected chi connectivity index (χ0v) is 18.1. The minimum Gasteiger partial charge on any atom is -0.322 e. The van der Waals surface area contributed by atoms with Gasteiger partial charge in [0.2, 0.25) is 0 Å². The van der Waals surface area contributed by atoms with Gasteiger partial charge in [-0.1, -0.05) is 12.1 Å². The number of aromatic nitrogens is 1. The maximum Gasteiger partial charge on any atom is 0.255 e. The van der Waals surface area contributed by atoms with Gasteiger partial charge in [-0.15, -0.1) is 11.3 Å². The fraction of sp³-hybridized carbons (Fsp3) is 0.130. The van der Waals surface area contributed by atoms with E-state index in [-0.39, 0.29) is 10.8 Å². The van der Waals surface area contributed by atoms with Gasteiger partial charge < -0.3 is 5.32 Å². The number of sulfone groups is 1. The van der Waals surface area contributed by atoms with Crippen molar-refractivity contribution in [1.29, 1.82) is 0 Å². The molecule has 5 nitrogen and oxygen atoms in total. The lowest BCUT2D eigenvalue weighted by molar-refractivity contribution is 0.102. The number of amides is 1. The Kier molecular flexibility index (Phi) is 5.40. The minimum atomic E-state index is -3.36. The molecule has 4 aromatic rings. The number of anilines is 1. The van der Waals surface area contributed by atoms with Gasteiger partial charge in [0.15, 0.2) is 9.84 Å². The lowest BCUT2D eigenvalue weighted by Crippen LogP contribution is -2.15. The highest BCUT2D eigenvalue weighted by atomic mass is 32.2. The van der Waals surface area contributed by atoms with Crippen LogP contribution in [-0.2, 0) is 9.84 Å². The molecule has 1 aromatic heterocycles. The summed E-state index contributed by atoms with van der Waals surface area (Å²) in [6.45, 7) is 3.27. The van der Waals surface area contributed by atoms with E-state index in [9.17, 15) is 13.2 Å². The number of thiazole rings is 1. The molecule has 1 amide bonds. The van der Waals surface area contributed by atoms with E-state index in [2.05, 4.69) is 10.3 Å². The van der Waals surface area contributed by atoms with Crippen LogP contribution >= 0.6 is 11.3 Å². The first-order valence-electron chi connectivity index (χ1n) is 9.46. The van der Waals surface area contributed by atoms with Crippen molar-refractivity contribution in [3.63, 3.8) is 0 Å². The molecule has 0 spiro atoms. The number of carbonyl (C=O) groups excluding carboxylic acids is 1. The highest BCUT2D eigenvalue weighted by molar-refractivity contribution is 7.92. The van der Waals surface area contributed by atoms with Crippen molar-refractivity contribution in [2.75, 3.05) is 5.32 Å². The van der Waals surface area contributed by atoms with E-state index in [1.807, 2.05) is 48.5 Å². The molecule has 152 valence electrons. The third-order valence-corrected chi connectivity index (χ3v) is 8.01. The van der Waals surface area contributed by atoms with Crippen molar-refractivity contribution >= 4 is 43.0 Å². The van der Waals surface area contributed by atoms with Crippen LogP contribution in [0.4, 0.5) is 5.69 Å². The Balaban J connectivity index is 1.48. The second-order valence-electron chi connectivity index (χ2n) is 7.14. The molecule has 1 N–H and O–H groups in total. The molecule has 1 heterocycles. The summed E-state index contributed by atoms with van der Waals surface area (Å²) in [6.07, 6.45) is 0. The molecule has 7 heteroatoms. The van der Waals surface area contributed by atoms with Gasteiger partial charge in [0.05, 0.1) is 20.4 Å². The van der Waals surface area contributed by atoms with Gasteiger partial charge in [-0.25, -0.2) is 13.4 Å². The molecule has 0 saturated carbocycles. The number of hydrogen-bond acceptors (Lipinski definition) is 5. The second kappa shape index (κ2) is 8.01. The van der Waals surface area contributed by atoms with Gasteiger partial charge >= 0.3 is 0 Å². The number of benzene rings is 3. The first-order valence-corrected chi connectivity index (χ1v) is 11.8. The zero-order valence-electron chi connectivity index (χ0n) is 16.5. The minimum absolute atomic E-state index is 0.217. The predicted octanol–water partition coefficient (Wildman–Crippen LogP) is 5.40. The van der Waals surface area contributed by atoms with Crippen molar-refractivity contribution < 1.29 is 13.2 Å². The smallest absolute Gasteiger partial charge is 0.255 e. The monoisotopic (exact) mass is 436 g/mol. The number of rotatable bonds is 5. The largest absolute Gasteiger partial charge is 0.322 e. The van der Waals surface area contributed by atoms with Crippen LogP contribution in [0.3, 0.4) is 0 Å². The normalized spacial score (nSPS) is 11.7. The summed E-state index contributed by atoms with van der Waals surface area (Å²) in [5.74, 6) is -0.295. The standard InChI is InChI=1S/C23H20N2O3S2/c1-15(2)30(27,28)19-13-9-16(10-14-19)22(26)24-18-11-7-17(8-12-18)23-25-20-5-3-4-6-21(20)29-23/h3-15H,1-2H3,(H,24,26). The molecule has 30 heavy (non-hydrogen) atoms. The Morgan fingerprint density at radius 1 is 0.933 bits per heavy atom. The Labute approximate surface area is 179 Å². The van der Waals surface area contributed by atoms with Crippen LogP contribution in [0.15, 0.2) is 77.7 Å². The summed E-state index contributed by atoms with van der Waals surface area (Å²) >= 11 is 1.62. The molecule has 4 rings (SSSR count). The molecule has 0 fully saturated rings. The van der Waals surface area contributed by atoms with E-state index in [1.165, 1.54) is 24.3 Å². The summed E-state index contributed by atoms with van der Waals surface area (Å²) in [4.78, 5) is 17.4. The van der Waals surface area contributed by atoms with Crippen molar-refractivity contribution in [1.82, 2.24) is 4.98 Å². The summed E-state index contributed by atoms with van der Waals surface area (Å²) in [5.41, 5.74) is 3.01. The molecule has 0 aliphatic carbocycles. The molecule has 3 aromatic carbocycles. The molecule has 0 atom stereocenters. The maximum atomic E-state index is 12.5. The van der Waals surface area contributed by atoms with Crippen LogP contribution in [0.25, 0.3) is 20.8 Å². The second-order valence-corrected chi connectivity index (χ2v) is 10.7. The van der Waals surface area contributed by atoms with Crippen LogP contribution in [0.5, 0.6) is 0 Å². The lowest BCUT2D eigenvalue weighted by atomic mass is 10.2. The van der Waals surface area contributed by atoms with E-state index in [0.29, 0.717) is 11.3 Å². The van der Waals surface area contributed by atoms with E-state index in [4.69, 9.17) is 0 Å². The molecule has 0 saturated heterocycles. The van der Waals surface area contributed by atoms with Crippen LogP contribution in [0.2, 0.25) is 0 Å². The maximum absolute atomic E-state index is 12.5. The molecule has 0 aliphatic rings. The quantitative estimate of drug-likeness (QED) is 0.455. The number of para-hydroxylation sites is 1. The average Bonchev–Trinajstić information content (AvgIpc) is 3.18. The predicted molar refractivity (Wildman–Crippen MR) is 122 cm³/mol. The number of fused-ring (bicyclic) bond motifs is 1. The third kappa shape index (κ3) is 3.99. The Hall–Kier alpha value is -3.03. The highest BCUT2D eigenvalue weighted by Gasteiger charge is 2.19. The topological polar surface area (TPSA) is 76.1 Å². The van der Waals surface area contributed by atoms with Crippen LogP contribution in [0, 0.1) is 0 Å². The van der Waals surface area contributed by atoms with Gasteiger partial charge in [0.1, 0.15) is 5.01 Å². The van der Waals surface area contributed by atoms with E-state index in [0.717, 1.165) is 20.8 Å². The summed E-state index contributed by atoms with van der Waals surface area (Å²) in [7, 11) is -3.36. The van der Waals surface area contributed by atoms with E-state index < -0.39 is 15.1 Å². The first-order chi connectivity index (χ1) is 14.3. The fourth-order valence-corrected chi connectivity index (χ4v) is 4.99. The van der Waals surface area contributed by atoms with Gasteiger partial charge in [-0.3, -0.25) is 4.79 Å². The summed E-state index contributed by atoms with van der Waals surface area (Å²) in [5, 5.41) is 3.26. The van der Waals surface area contributed by atoms with E-state index in [1.54, 1.807) is 25.2 Å². The molecule has 0 radical (unpaired) electrons. The number of carbonyl (C=O) groups is 1. The van der Waals surface area contributed by atoms with Crippen molar-refractivity contribution in [2.45, 2.75) is 24.0 Å². The Bertz CT molecular complexity index is 1270. The molecule has 0 aliphatic heterocycles. The van der Waals surface area contributed by atoms with Gasteiger partial charge in [-0.2, -0.15) is 0 Å². The number of nitrogens with one attached hydrogen (secondary N) is 1. The fourth-order valence-electron chi connectivity index (χ4n) is 2.96. The third-order valence-electron chi connectivity index (χ3n) is 4.75. The van der Waals surface area contributed by atoms with Crippen LogP contribution in [0.1, 0.15) is 24.2 Å².